The highest BCUT2D eigenvalue weighted by Gasteiger charge is 2.53. The summed E-state index contributed by atoms with van der Waals surface area (Å²) in [6.07, 6.45) is -4.92. The van der Waals surface area contributed by atoms with Gasteiger partial charge in [0.05, 0.1) is 16.6 Å². The van der Waals surface area contributed by atoms with Crippen molar-refractivity contribution < 1.29 is 41.0 Å². The van der Waals surface area contributed by atoms with Crippen LogP contribution in [0.3, 0.4) is 0 Å². The molecule has 2 fully saturated rings. The van der Waals surface area contributed by atoms with Crippen LogP contribution in [0.1, 0.15) is 17.3 Å². The standard InChI is InChI=1S/C16H19F3N2O4S.C2H4O2/c1-20(2)12-9-26(23,24)14-8-21(7-11(12)14)15(22)10-5-3-4-6-13(10)25-16(17,18)19;1-2(3)4/h3-6,11-12,14H,7-9H2,1-2H3;1H3,(H,3,4)/t11-,12+,14-;/m0./s1. The lowest BCUT2D eigenvalue weighted by Gasteiger charge is -2.25. The first kappa shape index (κ1) is 23.9. The lowest BCUT2D eigenvalue weighted by molar-refractivity contribution is -0.274. The van der Waals surface area contributed by atoms with Crippen molar-refractivity contribution in [3.05, 3.63) is 29.8 Å². The average molecular weight is 452 g/mol. The van der Waals surface area contributed by atoms with Gasteiger partial charge in [0.25, 0.3) is 11.9 Å². The fourth-order valence-corrected chi connectivity index (χ4v) is 6.23. The molecule has 168 valence electrons. The number of para-hydroxylation sites is 1. The number of fused-ring (bicyclic) bond motifs is 1. The number of aliphatic carboxylic acids is 1. The Labute approximate surface area is 172 Å². The number of ether oxygens (including phenoxy) is 1. The number of halogens is 3. The molecular formula is C18H23F3N2O6S. The van der Waals surface area contributed by atoms with E-state index in [1.165, 1.54) is 23.1 Å². The number of hydrogen-bond donors (Lipinski definition) is 1. The number of benzene rings is 1. The van der Waals surface area contributed by atoms with Gasteiger partial charge in [-0.25, -0.2) is 8.42 Å². The van der Waals surface area contributed by atoms with E-state index in [2.05, 4.69) is 4.74 Å². The molecule has 3 atom stereocenters. The zero-order valence-corrected chi connectivity index (χ0v) is 17.4. The van der Waals surface area contributed by atoms with Gasteiger partial charge in [-0.3, -0.25) is 9.59 Å². The van der Waals surface area contributed by atoms with E-state index in [9.17, 15) is 26.4 Å². The van der Waals surface area contributed by atoms with Crippen LogP contribution in [0.15, 0.2) is 24.3 Å². The van der Waals surface area contributed by atoms with Gasteiger partial charge in [0.2, 0.25) is 0 Å². The first-order valence-electron chi connectivity index (χ1n) is 8.94. The number of likely N-dealkylation sites (tertiary alicyclic amines) is 1. The van der Waals surface area contributed by atoms with Gasteiger partial charge in [0.1, 0.15) is 5.75 Å². The molecule has 8 nitrogen and oxygen atoms in total. The Morgan fingerprint density at radius 3 is 2.30 bits per heavy atom. The van der Waals surface area contributed by atoms with Crippen molar-refractivity contribution >= 4 is 21.7 Å². The summed E-state index contributed by atoms with van der Waals surface area (Å²) in [5.74, 6) is -2.30. The van der Waals surface area contributed by atoms with Gasteiger partial charge in [0.15, 0.2) is 9.84 Å². The minimum absolute atomic E-state index is 0.0173. The van der Waals surface area contributed by atoms with Crippen LogP contribution >= 0.6 is 0 Å². The Hall–Kier alpha value is -2.34. The maximum Gasteiger partial charge on any atom is 0.573 e. The number of alkyl halides is 3. The highest BCUT2D eigenvalue weighted by Crippen LogP contribution is 2.37. The normalized spacial score (nSPS) is 24.8. The average Bonchev–Trinajstić information content (AvgIpc) is 3.12. The van der Waals surface area contributed by atoms with E-state index >= 15 is 0 Å². The van der Waals surface area contributed by atoms with Crippen LogP contribution in [0.5, 0.6) is 5.75 Å². The first-order valence-corrected chi connectivity index (χ1v) is 10.7. The maximum absolute atomic E-state index is 12.7. The van der Waals surface area contributed by atoms with Gasteiger partial charge in [-0.15, -0.1) is 13.2 Å². The Kier molecular flexibility index (Phi) is 7.02. The second kappa shape index (κ2) is 8.80. The lowest BCUT2D eigenvalue weighted by atomic mass is 10.00. The topological polar surface area (TPSA) is 104 Å². The van der Waals surface area contributed by atoms with Crippen molar-refractivity contribution in [2.75, 3.05) is 32.9 Å². The maximum atomic E-state index is 12.7. The first-order chi connectivity index (χ1) is 13.7. The molecule has 0 saturated carbocycles. The second-order valence-electron chi connectivity index (χ2n) is 7.34. The van der Waals surface area contributed by atoms with E-state index < -0.39 is 39.1 Å². The van der Waals surface area contributed by atoms with Gasteiger partial charge in [-0.2, -0.15) is 0 Å². The van der Waals surface area contributed by atoms with Crippen LogP contribution in [0.4, 0.5) is 13.2 Å². The number of nitrogens with zero attached hydrogens (tertiary/aromatic N) is 2. The Balaban J connectivity index is 0.000000735. The Morgan fingerprint density at radius 2 is 1.77 bits per heavy atom. The summed E-state index contributed by atoms with van der Waals surface area (Å²) in [7, 11) is 0.202. The highest BCUT2D eigenvalue weighted by atomic mass is 32.2. The molecule has 3 rings (SSSR count). The fourth-order valence-electron chi connectivity index (χ4n) is 3.76. The molecule has 2 aliphatic heterocycles. The minimum atomic E-state index is -4.92. The zero-order chi connectivity index (χ0) is 22.9. The smallest absolute Gasteiger partial charge is 0.481 e. The molecule has 2 aliphatic rings. The third kappa shape index (κ3) is 5.63. The van der Waals surface area contributed by atoms with Crippen molar-refractivity contribution in [3.8, 4) is 5.75 Å². The molecule has 0 aromatic heterocycles. The molecule has 2 saturated heterocycles. The molecule has 0 unspecified atom stereocenters. The number of amides is 1. The lowest BCUT2D eigenvalue weighted by Crippen LogP contribution is -2.38. The molecule has 0 radical (unpaired) electrons. The van der Waals surface area contributed by atoms with Gasteiger partial charge in [0, 0.05) is 32.0 Å². The number of carboxylic acids is 1. The summed E-state index contributed by atoms with van der Waals surface area (Å²) in [4.78, 5) is 24.9. The summed E-state index contributed by atoms with van der Waals surface area (Å²) < 4.78 is 66.4. The van der Waals surface area contributed by atoms with Crippen LogP contribution in [-0.2, 0) is 14.6 Å². The molecule has 1 amide bonds. The van der Waals surface area contributed by atoms with E-state index in [4.69, 9.17) is 9.90 Å². The molecular weight excluding hydrogens is 429 g/mol. The molecule has 2 heterocycles. The van der Waals surface area contributed by atoms with Crippen molar-refractivity contribution in [1.82, 2.24) is 9.80 Å². The third-order valence-electron chi connectivity index (χ3n) is 4.96. The number of rotatable bonds is 3. The van der Waals surface area contributed by atoms with Crippen LogP contribution in [0, 0.1) is 5.92 Å². The molecule has 1 N–H and O–H groups in total. The van der Waals surface area contributed by atoms with Gasteiger partial charge < -0.3 is 19.6 Å². The van der Waals surface area contributed by atoms with Crippen molar-refractivity contribution in [1.29, 1.82) is 0 Å². The fraction of sp³-hybridized carbons (Fsp3) is 0.556. The number of hydrogen-bond acceptors (Lipinski definition) is 6. The zero-order valence-electron chi connectivity index (χ0n) is 16.6. The van der Waals surface area contributed by atoms with Crippen LogP contribution < -0.4 is 4.74 Å². The number of sulfone groups is 1. The SMILES string of the molecule is CC(=O)O.CN(C)[C@@H]1CS(=O)(=O)[C@H]2CN(C(=O)c3ccccc3OC(F)(F)F)C[C@@H]12. The number of carbonyl (C=O) groups excluding carboxylic acids is 1. The third-order valence-corrected chi connectivity index (χ3v) is 7.19. The van der Waals surface area contributed by atoms with Gasteiger partial charge >= 0.3 is 6.36 Å². The molecule has 0 bridgehead atoms. The summed E-state index contributed by atoms with van der Waals surface area (Å²) in [6.45, 7) is 1.25. The van der Waals surface area contributed by atoms with E-state index in [1.807, 2.05) is 4.90 Å². The van der Waals surface area contributed by atoms with Crippen LogP contribution in [0.2, 0.25) is 0 Å². The number of carboxylic acid groups (broad SMARTS) is 1. The number of carbonyl (C=O) groups is 2. The summed E-state index contributed by atoms with van der Waals surface area (Å²) in [5.41, 5.74) is -0.233. The molecule has 0 spiro atoms. The predicted octanol–water partition coefficient (Wildman–Crippen LogP) is 1.48. The highest BCUT2D eigenvalue weighted by molar-refractivity contribution is 7.92. The van der Waals surface area contributed by atoms with E-state index in [0.29, 0.717) is 0 Å². The minimum Gasteiger partial charge on any atom is -0.481 e. The quantitative estimate of drug-likeness (QED) is 0.741. The van der Waals surface area contributed by atoms with Crippen molar-refractivity contribution in [2.24, 2.45) is 5.92 Å². The Morgan fingerprint density at radius 1 is 1.20 bits per heavy atom. The molecule has 30 heavy (non-hydrogen) atoms. The van der Waals surface area contributed by atoms with Gasteiger partial charge in [-0.05, 0) is 26.2 Å². The Bertz CT molecular complexity index is 899. The largest absolute Gasteiger partial charge is 0.573 e. The molecule has 0 aliphatic carbocycles. The van der Waals surface area contributed by atoms with Crippen LogP contribution in [0.25, 0.3) is 0 Å². The predicted molar refractivity (Wildman–Crippen MR) is 101 cm³/mol. The monoisotopic (exact) mass is 452 g/mol. The molecule has 12 heteroatoms. The molecule has 1 aromatic carbocycles. The van der Waals surface area contributed by atoms with E-state index in [-0.39, 0.29) is 36.4 Å². The van der Waals surface area contributed by atoms with E-state index in [1.54, 1.807) is 14.1 Å². The van der Waals surface area contributed by atoms with E-state index in [0.717, 1.165) is 13.0 Å². The van der Waals surface area contributed by atoms with Gasteiger partial charge in [-0.1, -0.05) is 12.1 Å². The van der Waals surface area contributed by atoms with Crippen molar-refractivity contribution in [2.45, 2.75) is 24.6 Å². The van der Waals surface area contributed by atoms with Crippen molar-refractivity contribution in [3.63, 3.8) is 0 Å². The summed E-state index contributed by atoms with van der Waals surface area (Å²) >= 11 is 0. The van der Waals surface area contributed by atoms with Crippen LogP contribution in [-0.4, -0.2) is 85.8 Å². The molecule has 1 aromatic rings. The second-order valence-corrected chi connectivity index (χ2v) is 9.60. The summed E-state index contributed by atoms with van der Waals surface area (Å²) in [6, 6.07) is 4.87. The summed E-state index contributed by atoms with van der Waals surface area (Å²) in [5, 5.41) is 6.73.